The number of imidazole rings is 1. The smallest absolute Gasteiger partial charge is 0.243 e. The van der Waals surface area contributed by atoms with E-state index >= 15 is 0 Å². The molecule has 1 amide bonds. The maximum atomic E-state index is 13.8. The highest BCUT2D eigenvalue weighted by atomic mass is 19.1. The zero-order valence-corrected chi connectivity index (χ0v) is 14.9. The van der Waals surface area contributed by atoms with Crippen molar-refractivity contribution in [2.24, 2.45) is 0 Å². The van der Waals surface area contributed by atoms with Crippen molar-refractivity contribution in [2.45, 2.75) is 24.6 Å². The van der Waals surface area contributed by atoms with Crippen LogP contribution in [0.2, 0.25) is 0 Å². The van der Waals surface area contributed by atoms with Crippen molar-refractivity contribution >= 4 is 11.6 Å². The predicted molar refractivity (Wildman–Crippen MR) is 97.5 cm³/mol. The number of carbonyl (C=O) groups excluding carboxylic acids is 1. The van der Waals surface area contributed by atoms with Gasteiger partial charge < -0.3 is 10.1 Å². The molecule has 1 aromatic carbocycles. The van der Waals surface area contributed by atoms with Crippen LogP contribution < -0.4 is 10.6 Å². The molecule has 2 fully saturated rings. The zero-order valence-electron chi connectivity index (χ0n) is 14.9. The Morgan fingerprint density at radius 3 is 2.71 bits per heavy atom. The third-order valence-electron chi connectivity index (χ3n) is 5.46. The number of carbonyl (C=O) groups is 1. The number of rotatable bonds is 4. The summed E-state index contributed by atoms with van der Waals surface area (Å²) in [6, 6.07) is 8.83. The van der Waals surface area contributed by atoms with Gasteiger partial charge in [0.25, 0.3) is 0 Å². The number of amides is 1. The van der Waals surface area contributed by atoms with Crippen molar-refractivity contribution in [1.29, 1.82) is 0 Å². The lowest BCUT2D eigenvalue weighted by Crippen LogP contribution is -2.56. The van der Waals surface area contributed by atoms with E-state index in [9.17, 15) is 13.6 Å². The second-order valence-corrected chi connectivity index (χ2v) is 7.27. The maximum Gasteiger partial charge on any atom is 0.243 e. The van der Waals surface area contributed by atoms with Crippen molar-refractivity contribution in [3.8, 4) is 11.3 Å². The molecular formula is C20H18F2N4O2. The minimum atomic E-state index is -0.702. The van der Waals surface area contributed by atoms with E-state index in [2.05, 4.69) is 15.6 Å². The molecule has 144 valence electrons. The molecule has 2 bridgehead atoms. The van der Waals surface area contributed by atoms with Crippen LogP contribution in [0.5, 0.6) is 0 Å². The normalized spacial score (nSPS) is 23.4. The number of pyridine rings is 1. The van der Waals surface area contributed by atoms with Crippen LogP contribution in [-0.2, 0) is 16.1 Å². The lowest BCUT2D eigenvalue weighted by molar-refractivity contribution is -0.128. The summed E-state index contributed by atoms with van der Waals surface area (Å²) in [6.07, 6.45) is 2.05. The Hall–Kier alpha value is -2.84. The van der Waals surface area contributed by atoms with Gasteiger partial charge in [-0.2, -0.15) is 0 Å². The van der Waals surface area contributed by atoms with E-state index in [0.717, 1.165) is 0 Å². The van der Waals surface area contributed by atoms with E-state index < -0.39 is 11.4 Å². The number of aromatic nitrogens is 2. The van der Waals surface area contributed by atoms with Crippen LogP contribution in [-0.4, -0.2) is 40.1 Å². The number of ether oxygens (including phenoxy) is 1. The minimum Gasteiger partial charge on any atom is -0.374 e. The Kier molecular flexibility index (Phi) is 3.92. The molecule has 2 aliphatic heterocycles. The van der Waals surface area contributed by atoms with Crippen molar-refractivity contribution in [1.82, 2.24) is 20.0 Å². The van der Waals surface area contributed by atoms with Gasteiger partial charge in [-0.25, -0.2) is 13.8 Å². The van der Waals surface area contributed by atoms with Crippen molar-refractivity contribution < 1.29 is 18.3 Å². The highest BCUT2D eigenvalue weighted by Gasteiger charge is 2.51. The first kappa shape index (κ1) is 17.3. The van der Waals surface area contributed by atoms with Gasteiger partial charge in [-0.3, -0.25) is 14.5 Å². The fourth-order valence-corrected chi connectivity index (χ4v) is 3.98. The molecule has 0 radical (unpaired) electrons. The van der Waals surface area contributed by atoms with Gasteiger partial charge in [-0.1, -0.05) is 0 Å². The number of hydrogen-bond acceptors (Lipinski definition) is 4. The van der Waals surface area contributed by atoms with Crippen LogP contribution >= 0.6 is 0 Å². The Morgan fingerprint density at radius 1 is 1.25 bits per heavy atom. The Labute approximate surface area is 159 Å². The Bertz CT molecular complexity index is 1060. The quantitative estimate of drug-likeness (QED) is 0.722. The van der Waals surface area contributed by atoms with Gasteiger partial charge >= 0.3 is 0 Å². The molecule has 2 atom stereocenters. The molecule has 0 aliphatic carbocycles. The number of fused-ring (bicyclic) bond motifs is 3. The lowest BCUT2D eigenvalue weighted by atomic mass is 9.99. The van der Waals surface area contributed by atoms with Crippen LogP contribution in [0.3, 0.4) is 0 Å². The van der Waals surface area contributed by atoms with Crippen LogP contribution in [0.1, 0.15) is 12.1 Å². The van der Waals surface area contributed by atoms with Crippen LogP contribution in [0.4, 0.5) is 8.78 Å². The number of morpholine rings is 1. The number of nitrogens with one attached hydrogen (secondary N) is 2. The van der Waals surface area contributed by atoms with Gasteiger partial charge in [0.1, 0.15) is 22.8 Å². The SMILES string of the molecule is O=C(NCc1c(-c2ccc(F)cc2)nc2ccc(F)cn12)C12COC(CN1)C2. The molecule has 0 spiro atoms. The summed E-state index contributed by atoms with van der Waals surface area (Å²) in [5.41, 5.74) is 1.73. The van der Waals surface area contributed by atoms with Crippen molar-refractivity contribution in [2.75, 3.05) is 13.2 Å². The Balaban J connectivity index is 1.50. The summed E-state index contributed by atoms with van der Waals surface area (Å²) in [5, 5.41) is 6.18. The third-order valence-corrected chi connectivity index (χ3v) is 5.46. The van der Waals surface area contributed by atoms with Crippen molar-refractivity contribution in [3.63, 3.8) is 0 Å². The molecule has 0 saturated carbocycles. The van der Waals surface area contributed by atoms with Gasteiger partial charge in [-0.15, -0.1) is 0 Å². The van der Waals surface area contributed by atoms with Crippen LogP contribution in [0, 0.1) is 11.6 Å². The average molecular weight is 384 g/mol. The van der Waals surface area contributed by atoms with Crippen LogP contribution in [0.25, 0.3) is 16.9 Å². The molecule has 2 unspecified atom stereocenters. The van der Waals surface area contributed by atoms with Gasteiger partial charge in [0.15, 0.2) is 0 Å². The van der Waals surface area contributed by atoms with E-state index in [4.69, 9.17) is 4.74 Å². The second-order valence-electron chi connectivity index (χ2n) is 7.27. The molecule has 4 heterocycles. The van der Waals surface area contributed by atoms with E-state index in [0.29, 0.717) is 42.2 Å². The molecule has 2 aliphatic rings. The molecule has 28 heavy (non-hydrogen) atoms. The van der Waals surface area contributed by atoms with E-state index in [1.807, 2.05) is 0 Å². The maximum absolute atomic E-state index is 13.8. The molecule has 2 aromatic heterocycles. The zero-order chi connectivity index (χ0) is 19.3. The monoisotopic (exact) mass is 384 g/mol. The van der Waals surface area contributed by atoms with Gasteiger partial charge in [0.2, 0.25) is 5.91 Å². The summed E-state index contributed by atoms with van der Waals surface area (Å²) in [6.45, 7) is 1.16. The topological polar surface area (TPSA) is 67.7 Å². The molecular weight excluding hydrogens is 366 g/mol. The highest BCUT2D eigenvalue weighted by Crippen LogP contribution is 2.31. The standard InChI is InChI=1S/C20H18F2N4O2/c21-13-3-1-12(2-4-13)18-16(26-10-14(22)5-6-17(26)25-18)9-23-19(27)20-7-15(8-24-20)28-11-20/h1-6,10,15,24H,7-9,11H2,(H,23,27). The number of halogens is 2. The highest BCUT2D eigenvalue weighted by molar-refractivity contribution is 5.87. The van der Waals surface area contributed by atoms with E-state index in [-0.39, 0.29) is 24.4 Å². The summed E-state index contributed by atoms with van der Waals surface area (Å²) in [7, 11) is 0. The lowest BCUT2D eigenvalue weighted by Gasteiger charge is -2.25. The largest absolute Gasteiger partial charge is 0.374 e. The molecule has 8 heteroatoms. The molecule has 6 nitrogen and oxygen atoms in total. The molecule has 5 rings (SSSR count). The minimum absolute atomic E-state index is 0.0745. The van der Waals surface area contributed by atoms with Crippen molar-refractivity contribution in [3.05, 3.63) is 59.9 Å². The van der Waals surface area contributed by atoms with Gasteiger partial charge in [-0.05, 0) is 36.4 Å². The fourth-order valence-electron chi connectivity index (χ4n) is 3.98. The first-order chi connectivity index (χ1) is 13.5. The molecule has 2 saturated heterocycles. The Morgan fingerprint density at radius 2 is 2.04 bits per heavy atom. The first-order valence-electron chi connectivity index (χ1n) is 9.11. The third kappa shape index (κ3) is 2.76. The predicted octanol–water partition coefficient (Wildman–Crippen LogP) is 2.03. The van der Waals surface area contributed by atoms with Gasteiger partial charge in [0, 0.05) is 24.7 Å². The average Bonchev–Trinajstić information content (AvgIpc) is 3.40. The van der Waals surface area contributed by atoms with E-state index in [1.165, 1.54) is 24.4 Å². The second kappa shape index (κ2) is 6.35. The molecule has 3 aromatic rings. The fraction of sp³-hybridized carbons (Fsp3) is 0.300. The summed E-state index contributed by atoms with van der Waals surface area (Å²) >= 11 is 0. The van der Waals surface area contributed by atoms with E-state index in [1.54, 1.807) is 22.6 Å². The molecule has 2 N–H and O–H groups in total. The summed E-state index contributed by atoms with van der Waals surface area (Å²) in [4.78, 5) is 17.4. The summed E-state index contributed by atoms with van der Waals surface area (Å²) < 4.78 is 34.3. The number of benzene rings is 1. The van der Waals surface area contributed by atoms with Crippen LogP contribution in [0.15, 0.2) is 42.6 Å². The number of nitrogens with zero attached hydrogens (tertiary/aromatic N) is 2. The number of hydrogen-bond donors (Lipinski definition) is 2. The summed E-state index contributed by atoms with van der Waals surface area (Å²) in [5.74, 6) is -0.911. The first-order valence-corrected chi connectivity index (χ1v) is 9.11. The van der Waals surface area contributed by atoms with Gasteiger partial charge in [0.05, 0.1) is 30.6 Å².